The molecule has 0 aliphatic carbocycles. The second kappa shape index (κ2) is 8.96. The van der Waals surface area contributed by atoms with E-state index in [0.29, 0.717) is 26.3 Å². The number of nitrogens with zero attached hydrogens (tertiary/aromatic N) is 1. The van der Waals surface area contributed by atoms with E-state index in [1.807, 2.05) is 20.0 Å². The highest BCUT2D eigenvalue weighted by atomic mass is 19.1. The maximum Gasteiger partial charge on any atom is 0.224 e. The van der Waals surface area contributed by atoms with Gasteiger partial charge in [-0.3, -0.25) is 9.69 Å². The van der Waals surface area contributed by atoms with Gasteiger partial charge in [0.05, 0.1) is 19.3 Å². The molecule has 1 saturated heterocycles. The molecule has 2 atom stereocenters. The van der Waals surface area contributed by atoms with Gasteiger partial charge in [0, 0.05) is 32.1 Å². The van der Waals surface area contributed by atoms with E-state index in [2.05, 4.69) is 15.5 Å². The number of amides is 1. The molecule has 5 nitrogen and oxygen atoms in total. The minimum atomic E-state index is -0.254. The molecule has 0 radical (unpaired) electrons. The van der Waals surface area contributed by atoms with Gasteiger partial charge in [0.15, 0.2) is 0 Å². The van der Waals surface area contributed by atoms with E-state index in [1.165, 1.54) is 6.07 Å². The number of nitrogens with one attached hydrogen (secondary N) is 2. The molecule has 2 rings (SSSR count). The Bertz CT molecular complexity index is 506. The smallest absolute Gasteiger partial charge is 0.224 e. The molecule has 1 aliphatic rings. The van der Waals surface area contributed by atoms with Crippen LogP contribution >= 0.6 is 0 Å². The Hall–Kier alpha value is -1.50. The Balaban J connectivity index is 2.06. The maximum absolute atomic E-state index is 13.6. The van der Waals surface area contributed by atoms with Gasteiger partial charge in [-0.05, 0) is 24.7 Å². The van der Waals surface area contributed by atoms with Crippen LogP contribution in [0.2, 0.25) is 0 Å². The average Bonchev–Trinajstić information content (AvgIpc) is 2.56. The van der Waals surface area contributed by atoms with Crippen molar-refractivity contribution in [3.8, 4) is 0 Å². The first-order chi connectivity index (χ1) is 11.1. The number of halogens is 1. The molecule has 0 bridgehead atoms. The van der Waals surface area contributed by atoms with E-state index < -0.39 is 0 Å². The van der Waals surface area contributed by atoms with Gasteiger partial charge in [-0.25, -0.2) is 4.39 Å². The van der Waals surface area contributed by atoms with E-state index in [4.69, 9.17) is 4.74 Å². The zero-order chi connectivity index (χ0) is 16.7. The van der Waals surface area contributed by atoms with Crippen molar-refractivity contribution in [2.24, 2.45) is 5.92 Å². The maximum atomic E-state index is 13.6. The van der Waals surface area contributed by atoms with Crippen molar-refractivity contribution in [2.75, 3.05) is 46.4 Å². The van der Waals surface area contributed by atoms with Crippen molar-refractivity contribution in [2.45, 2.75) is 13.0 Å². The molecule has 2 unspecified atom stereocenters. The summed E-state index contributed by atoms with van der Waals surface area (Å²) in [6.07, 6.45) is 0. The molecule has 1 fully saturated rings. The predicted octanol–water partition coefficient (Wildman–Crippen LogP) is 1.17. The molecule has 0 aromatic heterocycles. The highest BCUT2D eigenvalue weighted by Gasteiger charge is 2.24. The molecule has 1 heterocycles. The second-order valence-electron chi connectivity index (χ2n) is 5.92. The van der Waals surface area contributed by atoms with Gasteiger partial charge in [-0.1, -0.05) is 19.1 Å². The molecular weight excluding hydrogens is 297 g/mol. The Morgan fingerprint density at radius 1 is 1.35 bits per heavy atom. The van der Waals surface area contributed by atoms with E-state index in [0.717, 1.165) is 18.7 Å². The lowest BCUT2D eigenvalue weighted by Gasteiger charge is -2.35. The van der Waals surface area contributed by atoms with E-state index in [-0.39, 0.29) is 23.7 Å². The number of benzene rings is 1. The fourth-order valence-corrected chi connectivity index (χ4v) is 2.83. The third-order valence-corrected chi connectivity index (χ3v) is 4.15. The fourth-order valence-electron chi connectivity index (χ4n) is 2.83. The second-order valence-corrected chi connectivity index (χ2v) is 5.92. The van der Waals surface area contributed by atoms with Crippen molar-refractivity contribution < 1.29 is 13.9 Å². The highest BCUT2D eigenvalue weighted by molar-refractivity contribution is 5.78. The molecular formula is C17H26FN3O2. The van der Waals surface area contributed by atoms with Crippen molar-refractivity contribution in [3.63, 3.8) is 0 Å². The summed E-state index contributed by atoms with van der Waals surface area (Å²) in [4.78, 5) is 14.4. The van der Waals surface area contributed by atoms with Crippen molar-refractivity contribution in [1.29, 1.82) is 0 Å². The van der Waals surface area contributed by atoms with Crippen LogP contribution in [0.1, 0.15) is 18.5 Å². The molecule has 2 N–H and O–H groups in total. The topological polar surface area (TPSA) is 53.6 Å². The molecule has 23 heavy (non-hydrogen) atoms. The number of carbonyl (C=O) groups excluding carboxylic acids is 1. The quantitative estimate of drug-likeness (QED) is 0.791. The van der Waals surface area contributed by atoms with Crippen LogP contribution in [0.25, 0.3) is 0 Å². The average molecular weight is 323 g/mol. The largest absolute Gasteiger partial charge is 0.379 e. The Kier molecular flexibility index (Phi) is 6.95. The van der Waals surface area contributed by atoms with Crippen molar-refractivity contribution in [3.05, 3.63) is 35.6 Å². The summed E-state index contributed by atoms with van der Waals surface area (Å²) in [5.41, 5.74) is 0.883. The first kappa shape index (κ1) is 17.8. The summed E-state index contributed by atoms with van der Waals surface area (Å²) < 4.78 is 19.0. The third-order valence-electron chi connectivity index (χ3n) is 4.15. The van der Waals surface area contributed by atoms with Crippen molar-refractivity contribution >= 4 is 5.91 Å². The van der Waals surface area contributed by atoms with Crippen LogP contribution in [0, 0.1) is 11.7 Å². The Morgan fingerprint density at radius 2 is 2.09 bits per heavy atom. The minimum absolute atomic E-state index is 0.00834. The molecule has 0 saturated carbocycles. The van der Waals surface area contributed by atoms with Gasteiger partial charge < -0.3 is 15.4 Å². The molecule has 1 aromatic rings. The van der Waals surface area contributed by atoms with E-state index in [1.54, 1.807) is 12.1 Å². The zero-order valence-corrected chi connectivity index (χ0v) is 13.8. The molecule has 128 valence electrons. The Labute approximate surface area is 137 Å². The number of morpholine rings is 1. The lowest BCUT2D eigenvalue weighted by atomic mass is 10.0. The normalized spacial score (nSPS) is 18.4. The number of rotatable bonds is 7. The minimum Gasteiger partial charge on any atom is -0.379 e. The van der Waals surface area contributed by atoms with Gasteiger partial charge in [-0.15, -0.1) is 0 Å². The van der Waals surface area contributed by atoms with Crippen LogP contribution in [-0.4, -0.2) is 57.2 Å². The van der Waals surface area contributed by atoms with E-state index >= 15 is 0 Å². The van der Waals surface area contributed by atoms with Gasteiger partial charge in [0.1, 0.15) is 5.82 Å². The lowest BCUT2D eigenvalue weighted by Crippen LogP contribution is -2.45. The SMILES string of the molecule is CNCC(C)C(=O)NCC(c1cccc(F)c1)N1CCOCC1. The molecule has 1 aromatic carbocycles. The summed E-state index contributed by atoms with van der Waals surface area (Å²) >= 11 is 0. The number of hydrogen-bond acceptors (Lipinski definition) is 4. The van der Waals surface area contributed by atoms with Crippen LogP contribution in [0.5, 0.6) is 0 Å². The predicted molar refractivity (Wildman–Crippen MR) is 87.6 cm³/mol. The van der Waals surface area contributed by atoms with Gasteiger partial charge in [0.2, 0.25) is 5.91 Å². The van der Waals surface area contributed by atoms with Crippen LogP contribution in [-0.2, 0) is 9.53 Å². The van der Waals surface area contributed by atoms with E-state index in [9.17, 15) is 9.18 Å². The first-order valence-electron chi connectivity index (χ1n) is 8.11. The third kappa shape index (κ3) is 5.27. The number of ether oxygens (including phenoxy) is 1. The number of carbonyl (C=O) groups is 1. The van der Waals surface area contributed by atoms with Crippen LogP contribution in [0.4, 0.5) is 4.39 Å². The summed E-state index contributed by atoms with van der Waals surface area (Å²) in [7, 11) is 1.83. The molecule has 6 heteroatoms. The summed E-state index contributed by atoms with van der Waals surface area (Å²) in [5, 5.41) is 6.00. The summed E-state index contributed by atoms with van der Waals surface area (Å²) in [6.45, 7) is 5.88. The molecule has 1 aliphatic heterocycles. The van der Waals surface area contributed by atoms with Gasteiger partial charge >= 0.3 is 0 Å². The van der Waals surface area contributed by atoms with Crippen molar-refractivity contribution in [1.82, 2.24) is 15.5 Å². The number of hydrogen-bond donors (Lipinski definition) is 2. The lowest BCUT2D eigenvalue weighted by molar-refractivity contribution is -0.124. The van der Waals surface area contributed by atoms with Gasteiger partial charge in [-0.2, -0.15) is 0 Å². The first-order valence-corrected chi connectivity index (χ1v) is 8.11. The zero-order valence-electron chi connectivity index (χ0n) is 13.8. The van der Waals surface area contributed by atoms with Crippen LogP contribution in [0.15, 0.2) is 24.3 Å². The highest BCUT2D eigenvalue weighted by Crippen LogP contribution is 2.22. The fraction of sp³-hybridized carbons (Fsp3) is 0.588. The summed E-state index contributed by atoms with van der Waals surface area (Å²) in [6, 6.07) is 6.56. The molecule has 1 amide bonds. The van der Waals surface area contributed by atoms with Gasteiger partial charge in [0.25, 0.3) is 0 Å². The van der Waals surface area contributed by atoms with Crippen LogP contribution in [0.3, 0.4) is 0 Å². The molecule has 0 spiro atoms. The summed E-state index contributed by atoms with van der Waals surface area (Å²) in [5.74, 6) is -0.345. The monoisotopic (exact) mass is 323 g/mol. The Morgan fingerprint density at radius 3 is 2.74 bits per heavy atom. The standard InChI is InChI=1S/C17H26FN3O2/c1-13(11-19-2)17(22)20-12-16(21-6-8-23-9-7-21)14-4-3-5-15(18)10-14/h3-5,10,13,16,19H,6-9,11-12H2,1-2H3,(H,20,22). The van der Waals surface area contributed by atoms with Crippen LogP contribution < -0.4 is 10.6 Å².